The maximum absolute atomic E-state index is 10.0. The Hall–Kier alpha value is -1.63. The van der Waals surface area contributed by atoms with Gasteiger partial charge in [0.15, 0.2) is 0 Å². The average molecular weight is 282 g/mol. The van der Waals surface area contributed by atoms with Gasteiger partial charge in [-0.3, -0.25) is 0 Å². The van der Waals surface area contributed by atoms with E-state index in [4.69, 9.17) is 0 Å². The molecular weight excluding hydrogens is 256 g/mol. The third-order valence-electron chi connectivity index (χ3n) is 2.95. The third kappa shape index (κ3) is 5.16. The number of anilines is 3. The number of nitrogens with one attached hydrogen (secondary N) is 2. The van der Waals surface area contributed by atoms with Crippen molar-refractivity contribution in [2.24, 2.45) is 0 Å². The minimum Gasteiger partial charge on any atom is -0.388 e. The molecule has 0 amide bonds. The van der Waals surface area contributed by atoms with Crippen LogP contribution in [0.15, 0.2) is 0 Å². The zero-order chi connectivity index (χ0) is 15.2. The van der Waals surface area contributed by atoms with Crippen molar-refractivity contribution in [2.75, 3.05) is 42.7 Å². The van der Waals surface area contributed by atoms with Gasteiger partial charge in [0, 0.05) is 27.2 Å². The Morgan fingerprint density at radius 3 is 2.20 bits per heavy atom. The standard InChI is InChI=1S/C13H26N6O/c1-6-8-14-10-16-11(15-9-13(3,20)7-2)18-12(17-10)19(4)5/h20H,6-9H2,1-5H3,(H2,14,15,16,17,18). The molecule has 1 rings (SSSR count). The van der Waals surface area contributed by atoms with Crippen molar-refractivity contribution in [2.45, 2.75) is 39.2 Å². The van der Waals surface area contributed by atoms with Crippen molar-refractivity contribution in [1.82, 2.24) is 15.0 Å². The number of aliphatic hydroxyl groups is 1. The lowest BCUT2D eigenvalue weighted by Crippen LogP contribution is -2.33. The minimum absolute atomic E-state index is 0.396. The lowest BCUT2D eigenvalue weighted by atomic mass is 10.0. The van der Waals surface area contributed by atoms with Gasteiger partial charge in [-0.1, -0.05) is 13.8 Å². The fourth-order valence-electron chi connectivity index (χ4n) is 1.35. The Morgan fingerprint density at radius 1 is 1.10 bits per heavy atom. The molecule has 0 saturated heterocycles. The van der Waals surface area contributed by atoms with E-state index in [0.717, 1.165) is 13.0 Å². The Labute approximate surface area is 120 Å². The predicted octanol–water partition coefficient (Wildman–Crippen LogP) is 1.33. The summed E-state index contributed by atoms with van der Waals surface area (Å²) in [5, 5.41) is 16.2. The van der Waals surface area contributed by atoms with Gasteiger partial charge in [0.1, 0.15) is 0 Å². The molecule has 114 valence electrons. The molecule has 1 aromatic heterocycles. The Morgan fingerprint density at radius 2 is 1.70 bits per heavy atom. The summed E-state index contributed by atoms with van der Waals surface area (Å²) >= 11 is 0. The van der Waals surface area contributed by atoms with E-state index in [2.05, 4.69) is 32.5 Å². The molecule has 0 aliphatic rings. The molecule has 0 fully saturated rings. The number of aromatic nitrogens is 3. The van der Waals surface area contributed by atoms with E-state index in [1.807, 2.05) is 25.9 Å². The van der Waals surface area contributed by atoms with Gasteiger partial charge in [0.05, 0.1) is 5.60 Å². The number of nitrogens with zero attached hydrogens (tertiary/aromatic N) is 4. The van der Waals surface area contributed by atoms with Crippen LogP contribution in [0.4, 0.5) is 17.8 Å². The molecule has 1 unspecified atom stereocenters. The predicted molar refractivity (Wildman–Crippen MR) is 82.3 cm³/mol. The summed E-state index contributed by atoms with van der Waals surface area (Å²) in [4.78, 5) is 14.8. The van der Waals surface area contributed by atoms with E-state index in [1.165, 1.54) is 0 Å². The topological polar surface area (TPSA) is 86.2 Å². The highest BCUT2D eigenvalue weighted by Gasteiger charge is 2.18. The summed E-state index contributed by atoms with van der Waals surface area (Å²) in [5.74, 6) is 1.59. The first kappa shape index (κ1) is 16.4. The van der Waals surface area contributed by atoms with Crippen LogP contribution in [0.3, 0.4) is 0 Å². The molecule has 1 atom stereocenters. The Bertz CT molecular complexity index is 421. The van der Waals surface area contributed by atoms with E-state index in [-0.39, 0.29) is 0 Å². The number of rotatable bonds is 8. The first-order valence-electron chi connectivity index (χ1n) is 7.01. The van der Waals surface area contributed by atoms with Crippen LogP contribution in [0.1, 0.15) is 33.6 Å². The second-order valence-electron chi connectivity index (χ2n) is 5.31. The maximum Gasteiger partial charge on any atom is 0.231 e. The quantitative estimate of drug-likeness (QED) is 0.663. The van der Waals surface area contributed by atoms with Gasteiger partial charge in [0.25, 0.3) is 0 Å². The Kier molecular flexibility index (Phi) is 5.94. The largest absolute Gasteiger partial charge is 0.388 e. The number of hydrogen-bond donors (Lipinski definition) is 3. The zero-order valence-corrected chi connectivity index (χ0v) is 13.1. The van der Waals surface area contributed by atoms with E-state index in [1.54, 1.807) is 6.92 Å². The zero-order valence-electron chi connectivity index (χ0n) is 13.1. The first-order valence-corrected chi connectivity index (χ1v) is 7.01. The van der Waals surface area contributed by atoms with Crippen molar-refractivity contribution < 1.29 is 5.11 Å². The summed E-state index contributed by atoms with van der Waals surface area (Å²) in [5.41, 5.74) is -0.776. The van der Waals surface area contributed by atoms with Crippen LogP contribution in [0.5, 0.6) is 0 Å². The van der Waals surface area contributed by atoms with Gasteiger partial charge >= 0.3 is 0 Å². The molecule has 0 aliphatic heterocycles. The smallest absolute Gasteiger partial charge is 0.231 e. The highest BCUT2D eigenvalue weighted by atomic mass is 16.3. The second kappa shape index (κ2) is 7.23. The molecule has 0 aromatic carbocycles. The van der Waals surface area contributed by atoms with Crippen LogP contribution in [0, 0.1) is 0 Å². The van der Waals surface area contributed by atoms with Crippen molar-refractivity contribution in [3.8, 4) is 0 Å². The summed E-state index contributed by atoms with van der Waals surface area (Å²) in [7, 11) is 3.76. The molecule has 0 radical (unpaired) electrons. The van der Waals surface area contributed by atoms with E-state index < -0.39 is 5.60 Å². The van der Waals surface area contributed by atoms with Crippen molar-refractivity contribution in [3.63, 3.8) is 0 Å². The lowest BCUT2D eigenvalue weighted by molar-refractivity contribution is 0.0695. The molecule has 7 nitrogen and oxygen atoms in total. The highest BCUT2D eigenvalue weighted by Crippen LogP contribution is 2.14. The molecule has 1 aromatic rings. The number of hydrogen-bond acceptors (Lipinski definition) is 7. The van der Waals surface area contributed by atoms with E-state index >= 15 is 0 Å². The molecule has 0 spiro atoms. The molecule has 0 saturated carbocycles. The highest BCUT2D eigenvalue weighted by molar-refractivity contribution is 5.43. The van der Waals surface area contributed by atoms with Crippen LogP contribution < -0.4 is 15.5 Å². The van der Waals surface area contributed by atoms with Gasteiger partial charge in [0.2, 0.25) is 17.8 Å². The first-order chi connectivity index (χ1) is 9.38. The summed E-state index contributed by atoms with van der Waals surface area (Å²) < 4.78 is 0. The normalized spacial score (nSPS) is 13.7. The fourth-order valence-corrected chi connectivity index (χ4v) is 1.35. The van der Waals surface area contributed by atoms with Gasteiger partial charge < -0.3 is 20.6 Å². The Balaban J connectivity index is 2.85. The molecule has 7 heteroatoms. The minimum atomic E-state index is -0.776. The maximum atomic E-state index is 10.0. The molecule has 20 heavy (non-hydrogen) atoms. The van der Waals surface area contributed by atoms with Crippen molar-refractivity contribution >= 4 is 17.8 Å². The van der Waals surface area contributed by atoms with Crippen LogP contribution >= 0.6 is 0 Å². The molecule has 1 heterocycles. The van der Waals surface area contributed by atoms with E-state index in [9.17, 15) is 5.11 Å². The van der Waals surface area contributed by atoms with E-state index in [0.29, 0.717) is 30.8 Å². The van der Waals surface area contributed by atoms with Crippen molar-refractivity contribution in [1.29, 1.82) is 0 Å². The van der Waals surface area contributed by atoms with Gasteiger partial charge in [-0.2, -0.15) is 15.0 Å². The molecular formula is C13H26N6O. The summed E-state index contributed by atoms with van der Waals surface area (Å²) in [6, 6.07) is 0. The van der Waals surface area contributed by atoms with Crippen LogP contribution in [0.2, 0.25) is 0 Å². The van der Waals surface area contributed by atoms with Crippen LogP contribution in [-0.4, -0.2) is 52.8 Å². The summed E-state index contributed by atoms with van der Waals surface area (Å²) in [6.45, 7) is 7.01. The van der Waals surface area contributed by atoms with Gasteiger partial charge in [-0.25, -0.2) is 0 Å². The summed E-state index contributed by atoms with van der Waals surface area (Å²) in [6.07, 6.45) is 1.66. The SMILES string of the molecule is CCCNc1nc(NCC(C)(O)CC)nc(N(C)C)n1. The molecule has 0 aliphatic carbocycles. The molecule has 0 bridgehead atoms. The van der Waals surface area contributed by atoms with Gasteiger partial charge in [-0.05, 0) is 19.8 Å². The monoisotopic (exact) mass is 282 g/mol. The van der Waals surface area contributed by atoms with Gasteiger partial charge in [-0.15, -0.1) is 0 Å². The van der Waals surface area contributed by atoms with Crippen LogP contribution in [-0.2, 0) is 0 Å². The van der Waals surface area contributed by atoms with Crippen molar-refractivity contribution in [3.05, 3.63) is 0 Å². The third-order valence-corrected chi connectivity index (χ3v) is 2.95. The van der Waals surface area contributed by atoms with Crippen LogP contribution in [0.25, 0.3) is 0 Å². The second-order valence-corrected chi connectivity index (χ2v) is 5.31. The molecule has 3 N–H and O–H groups in total. The average Bonchev–Trinajstić information content (AvgIpc) is 2.43. The fraction of sp³-hybridized carbons (Fsp3) is 0.769. The lowest BCUT2D eigenvalue weighted by Gasteiger charge is -2.22.